The molecule has 0 radical (unpaired) electrons. The average Bonchev–Trinajstić information content (AvgIpc) is 3.80. The van der Waals surface area contributed by atoms with Crippen LogP contribution >= 0.6 is 7.60 Å². The zero-order chi connectivity index (χ0) is 33.4. The van der Waals surface area contributed by atoms with Gasteiger partial charge in [-0.2, -0.15) is 14.0 Å². The van der Waals surface area contributed by atoms with Crippen molar-refractivity contribution in [3.8, 4) is 22.5 Å². The van der Waals surface area contributed by atoms with Crippen LogP contribution in [0.5, 0.6) is 0 Å². The summed E-state index contributed by atoms with van der Waals surface area (Å²) < 4.78 is 42.5. The standard InChI is InChI=1S/C35H28F2N7O3P/c36-35(37,48(45,46)47)28-20-16-25(17-21-28)23-34(27-8-2-1-3-9-27,44-32-13-7-6-12-31(32)38-43-44)22-24-14-18-26(19-15-24)29-10-4-5-11-30(29)33-39-41-42-40-33/h1-21H,22-23H2,(H2,45,46,47)(H,39,40,41,42). The Morgan fingerprint density at radius 2 is 1.29 bits per heavy atom. The molecule has 5 aromatic carbocycles. The predicted octanol–water partition coefficient (Wildman–Crippen LogP) is 6.73. The molecule has 0 spiro atoms. The molecule has 0 saturated carbocycles. The minimum atomic E-state index is -5.72. The summed E-state index contributed by atoms with van der Waals surface area (Å²) in [6.07, 6.45) is 0.742. The molecule has 2 aromatic heterocycles. The van der Waals surface area contributed by atoms with E-state index in [9.17, 15) is 23.1 Å². The highest BCUT2D eigenvalue weighted by Gasteiger charge is 2.50. The Morgan fingerprint density at radius 3 is 1.94 bits per heavy atom. The van der Waals surface area contributed by atoms with Gasteiger partial charge >= 0.3 is 13.3 Å². The average molecular weight is 664 g/mol. The smallest absolute Gasteiger partial charge is 0.320 e. The fraction of sp³-hybridized carbons (Fsp3) is 0.114. The second kappa shape index (κ2) is 12.3. The van der Waals surface area contributed by atoms with Crippen LogP contribution in [0.15, 0.2) is 127 Å². The fourth-order valence-corrected chi connectivity index (χ4v) is 6.63. The SMILES string of the molecule is O=P(O)(O)C(F)(F)c1ccc(CC(Cc2ccc(-c3ccccc3-c3nn[nH]n3)cc2)(c2ccccc2)n2nnc3ccccc32)cc1. The van der Waals surface area contributed by atoms with E-state index in [-0.39, 0.29) is 0 Å². The van der Waals surface area contributed by atoms with E-state index >= 15 is 0 Å². The number of hydrogen-bond acceptors (Lipinski definition) is 6. The minimum absolute atomic E-state index is 0.300. The molecule has 1 unspecified atom stereocenters. The number of rotatable bonds is 10. The van der Waals surface area contributed by atoms with Gasteiger partial charge < -0.3 is 9.79 Å². The van der Waals surface area contributed by atoms with Crippen LogP contribution in [-0.4, -0.2) is 45.4 Å². The van der Waals surface area contributed by atoms with Gasteiger partial charge in [-0.25, -0.2) is 4.68 Å². The zero-order valence-corrected chi connectivity index (χ0v) is 26.1. The highest BCUT2D eigenvalue weighted by molar-refractivity contribution is 7.52. The molecule has 240 valence electrons. The molecule has 3 N–H and O–H groups in total. The van der Waals surface area contributed by atoms with Gasteiger partial charge in [0, 0.05) is 24.0 Å². The maximum Gasteiger partial charge on any atom is 0.399 e. The van der Waals surface area contributed by atoms with Gasteiger partial charge in [0.25, 0.3) is 0 Å². The number of halogens is 2. The van der Waals surface area contributed by atoms with Gasteiger partial charge in [-0.1, -0.05) is 120 Å². The van der Waals surface area contributed by atoms with Crippen molar-refractivity contribution in [2.24, 2.45) is 0 Å². The van der Waals surface area contributed by atoms with Crippen molar-refractivity contribution in [2.75, 3.05) is 0 Å². The molecule has 10 nitrogen and oxygen atoms in total. The molecule has 0 aliphatic heterocycles. The Kier molecular flexibility index (Phi) is 8.00. The summed E-state index contributed by atoms with van der Waals surface area (Å²) in [5.74, 6) is 0.486. The Morgan fingerprint density at radius 1 is 0.688 bits per heavy atom. The van der Waals surface area contributed by atoms with Crippen molar-refractivity contribution >= 4 is 18.6 Å². The van der Waals surface area contributed by atoms with Gasteiger partial charge in [0.15, 0.2) is 0 Å². The van der Waals surface area contributed by atoms with E-state index in [1.807, 2.05) is 108 Å². The van der Waals surface area contributed by atoms with Crippen LogP contribution in [0.3, 0.4) is 0 Å². The summed E-state index contributed by atoms with van der Waals surface area (Å²) in [5, 5.41) is 23.6. The number of H-pyrrole nitrogens is 1. The van der Waals surface area contributed by atoms with Gasteiger partial charge in [0.1, 0.15) is 5.52 Å². The third kappa shape index (κ3) is 5.70. The molecule has 48 heavy (non-hydrogen) atoms. The zero-order valence-electron chi connectivity index (χ0n) is 25.2. The molecule has 0 fully saturated rings. The summed E-state index contributed by atoms with van der Waals surface area (Å²) in [6, 6.07) is 38.5. The van der Waals surface area contributed by atoms with Crippen LogP contribution in [0.1, 0.15) is 22.3 Å². The number of alkyl halides is 2. The first-order chi connectivity index (χ1) is 23.2. The van der Waals surface area contributed by atoms with E-state index in [1.54, 1.807) is 0 Å². The number of nitrogens with one attached hydrogen (secondary N) is 1. The molecule has 0 aliphatic carbocycles. The normalized spacial score (nSPS) is 13.4. The Labute approximate surface area is 273 Å². The van der Waals surface area contributed by atoms with Gasteiger partial charge in [0.2, 0.25) is 5.82 Å². The fourth-order valence-electron chi connectivity index (χ4n) is 6.15. The van der Waals surface area contributed by atoms with Crippen molar-refractivity contribution in [1.82, 2.24) is 35.6 Å². The number of nitrogens with zero attached hydrogens (tertiary/aromatic N) is 6. The van der Waals surface area contributed by atoms with Crippen LogP contribution in [0.4, 0.5) is 8.78 Å². The van der Waals surface area contributed by atoms with E-state index in [0.29, 0.717) is 29.7 Å². The van der Waals surface area contributed by atoms with Crippen molar-refractivity contribution in [1.29, 1.82) is 0 Å². The van der Waals surface area contributed by atoms with Crippen LogP contribution in [0.2, 0.25) is 0 Å². The molecule has 13 heteroatoms. The van der Waals surface area contributed by atoms with Crippen LogP contribution in [0.25, 0.3) is 33.5 Å². The molecule has 0 aliphatic rings. The molecule has 1 atom stereocenters. The summed E-state index contributed by atoms with van der Waals surface area (Å²) in [5.41, 5.74) is 0.802. The number of benzene rings is 5. The number of tetrazole rings is 1. The number of aromatic amines is 1. The first-order valence-corrected chi connectivity index (χ1v) is 16.6. The van der Waals surface area contributed by atoms with E-state index in [2.05, 4.69) is 30.9 Å². The molecule has 0 saturated heterocycles. The number of hydrogen-bond donors (Lipinski definition) is 3. The van der Waals surface area contributed by atoms with Crippen molar-refractivity contribution in [3.63, 3.8) is 0 Å². The molecule has 7 aromatic rings. The third-order valence-electron chi connectivity index (χ3n) is 8.51. The largest absolute Gasteiger partial charge is 0.399 e. The summed E-state index contributed by atoms with van der Waals surface area (Å²) in [4.78, 5) is 18.6. The molecule has 0 amide bonds. The summed E-state index contributed by atoms with van der Waals surface area (Å²) in [6.45, 7) is 0. The lowest BCUT2D eigenvalue weighted by molar-refractivity contribution is 0.0564. The summed E-state index contributed by atoms with van der Waals surface area (Å²) in [7, 11) is -5.72. The highest BCUT2D eigenvalue weighted by Crippen LogP contribution is 2.59. The molecular formula is C35H28F2N7O3P. The maximum atomic E-state index is 14.5. The third-order valence-corrected chi connectivity index (χ3v) is 9.50. The van der Waals surface area contributed by atoms with Gasteiger partial charge in [-0.05, 0) is 45.2 Å². The lowest BCUT2D eigenvalue weighted by Gasteiger charge is -2.36. The lowest BCUT2D eigenvalue weighted by Crippen LogP contribution is -2.40. The predicted molar refractivity (Wildman–Crippen MR) is 176 cm³/mol. The van der Waals surface area contributed by atoms with Crippen LogP contribution in [-0.2, 0) is 28.6 Å². The maximum absolute atomic E-state index is 14.5. The topological polar surface area (TPSA) is 143 Å². The van der Waals surface area contributed by atoms with E-state index in [1.165, 1.54) is 12.1 Å². The number of aromatic nitrogens is 7. The van der Waals surface area contributed by atoms with Gasteiger partial charge in [-0.15, -0.1) is 15.3 Å². The first-order valence-electron chi connectivity index (χ1n) is 15.0. The van der Waals surface area contributed by atoms with Crippen molar-refractivity contribution < 1.29 is 23.1 Å². The van der Waals surface area contributed by atoms with E-state index in [4.69, 9.17) is 0 Å². The van der Waals surface area contributed by atoms with E-state index in [0.717, 1.165) is 45.5 Å². The Bertz CT molecular complexity index is 2220. The molecule has 0 bridgehead atoms. The quantitative estimate of drug-likeness (QED) is 0.137. The van der Waals surface area contributed by atoms with Crippen LogP contribution in [0, 0.1) is 0 Å². The van der Waals surface area contributed by atoms with E-state index < -0.39 is 24.4 Å². The Balaban J connectivity index is 1.34. The summed E-state index contributed by atoms with van der Waals surface area (Å²) >= 11 is 0. The van der Waals surface area contributed by atoms with Crippen LogP contribution < -0.4 is 0 Å². The minimum Gasteiger partial charge on any atom is -0.320 e. The second-order valence-electron chi connectivity index (χ2n) is 11.5. The molecule has 2 heterocycles. The lowest BCUT2D eigenvalue weighted by atomic mass is 9.78. The van der Waals surface area contributed by atoms with Crippen molar-refractivity contribution in [3.05, 3.63) is 150 Å². The number of fused-ring (bicyclic) bond motifs is 1. The monoisotopic (exact) mass is 663 g/mol. The highest BCUT2D eigenvalue weighted by atomic mass is 31.2. The Hall–Kier alpha value is -5.42. The first kappa shape index (κ1) is 31.2. The molecule has 7 rings (SSSR count). The van der Waals surface area contributed by atoms with Gasteiger partial charge in [-0.3, -0.25) is 4.57 Å². The van der Waals surface area contributed by atoms with Gasteiger partial charge in [0.05, 0.1) is 11.1 Å². The number of para-hydroxylation sites is 1. The van der Waals surface area contributed by atoms with Crippen molar-refractivity contribution in [2.45, 2.75) is 24.0 Å². The second-order valence-corrected chi connectivity index (χ2v) is 13.2. The molecular weight excluding hydrogens is 635 g/mol.